The average molecular weight is 389 g/mol. The molecule has 1 fully saturated rings. The zero-order chi connectivity index (χ0) is 20.2. The molecule has 27 heavy (non-hydrogen) atoms. The molecule has 0 aromatic heterocycles. The predicted octanol–water partition coefficient (Wildman–Crippen LogP) is 0.924. The normalized spacial score (nSPS) is 28.3. The number of nitrogens with zero attached hydrogens (tertiary/aromatic N) is 1. The van der Waals surface area contributed by atoms with Gasteiger partial charge in [-0.15, -0.1) is 0 Å². The molecule has 7 nitrogen and oxygen atoms in total. The number of ether oxygens (including phenoxy) is 1. The van der Waals surface area contributed by atoms with E-state index in [1.54, 1.807) is 0 Å². The van der Waals surface area contributed by atoms with Crippen molar-refractivity contribution < 1.29 is 30.0 Å². The van der Waals surface area contributed by atoms with Crippen molar-refractivity contribution in [3.63, 3.8) is 0 Å². The predicted molar refractivity (Wildman–Crippen MR) is 101 cm³/mol. The van der Waals surface area contributed by atoms with E-state index >= 15 is 0 Å². The number of carbonyl (C=O) groups is 1. The highest BCUT2D eigenvalue weighted by Gasteiger charge is 2.43. The molecule has 7 heteroatoms. The fraction of sp³-hybridized carbons (Fsp3) is 0.950. The zero-order valence-electron chi connectivity index (χ0n) is 16.9. The van der Waals surface area contributed by atoms with Crippen LogP contribution in [-0.4, -0.2) is 69.9 Å². The summed E-state index contributed by atoms with van der Waals surface area (Å²) in [5.74, 6) is -0.325. The number of amides is 1. The lowest BCUT2D eigenvalue weighted by Gasteiger charge is -2.50. The highest BCUT2D eigenvalue weighted by Crippen LogP contribution is 2.23. The van der Waals surface area contributed by atoms with Crippen LogP contribution in [0.2, 0.25) is 0 Å². The second-order valence-corrected chi connectivity index (χ2v) is 7.59. The minimum Gasteiger partial charge on any atom is -0.829 e. The maximum Gasteiger partial charge on any atom is 0.219 e. The highest BCUT2D eigenvalue weighted by molar-refractivity contribution is 5.73. The third-order valence-electron chi connectivity index (χ3n) is 5.37. The van der Waals surface area contributed by atoms with Crippen molar-refractivity contribution in [2.75, 3.05) is 13.2 Å². The van der Waals surface area contributed by atoms with Gasteiger partial charge in [0.1, 0.15) is 18.3 Å². The number of rotatable bonds is 13. The fourth-order valence-electron chi connectivity index (χ4n) is 3.68. The van der Waals surface area contributed by atoms with Crippen molar-refractivity contribution in [1.29, 1.82) is 0 Å². The molecule has 0 bridgehead atoms. The molecule has 1 saturated heterocycles. The van der Waals surface area contributed by atoms with Crippen LogP contribution in [0.1, 0.15) is 78.1 Å². The molecule has 3 N–H and O–H groups in total. The van der Waals surface area contributed by atoms with Gasteiger partial charge in [0.2, 0.25) is 5.91 Å². The number of aliphatic hydroxyl groups excluding tert-OH is 3. The van der Waals surface area contributed by atoms with Crippen LogP contribution in [0.3, 0.4) is 0 Å². The SMILES string of the molecule is CCCCCCCCCCCCN(C(C)=O)[C@@H]1[C@@H](O)[C@H](O)[C@@H](CO)O[C@H]1[O-]. The van der Waals surface area contributed by atoms with Crippen molar-refractivity contribution in [3.8, 4) is 0 Å². The molecule has 0 aromatic carbocycles. The first-order chi connectivity index (χ1) is 12.9. The lowest BCUT2D eigenvalue weighted by atomic mass is 9.95. The van der Waals surface area contributed by atoms with Crippen LogP contribution in [-0.2, 0) is 9.53 Å². The van der Waals surface area contributed by atoms with Gasteiger partial charge in [0.05, 0.1) is 12.6 Å². The van der Waals surface area contributed by atoms with Gasteiger partial charge in [0.25, 0.3) is 0 Å². The molecule has 0 saturated carbocycles. The lowest BCUT2D eigenvalue weighted by Crippen LogP contribution is -2.68. The molecular weight excluding hydrogens is 350 g/mol. The third-order valence-corrected chi connectivity index (χ3v) is 5.37. The lowest BCUT2D eigenvalue weighted by molar-refractivity contribution is -0.525. The van der Waals surface area contributed by atoms with Crippen molar-refractivity contribution in [2.45, 2.75) is 109 Å². The summed E-state index contributed by atoms with van der Waals surface area (Å²) in [6.07, 6.45) is 6.01. The molecule has 0 spiro atoms. The van der Waals surface area contributed by atoms with Crippen LogP contribution >= 0.6 is 0 Å². The second-order valence-electron chi connectivity index (χ2n) is 7.59. The van der Waals surface area contributed by atoms with E-state index in [1.165, 1.54) is 56.8 Å². The van der Waals surface area contributed by atoms with Gasteiger partial charge in [-0.05, 0) is 6.42 Å². The van der Waals surface area contributed by atoms with E-state index in [1.807, 2.05) is 0 Å². The molecule has 0 aliphatic carbocycles. The Kier molecular flexibility index (Phi) is 12.1. The van der Waals surface area contributed by atoms with Gasteiger partial charge in [-0.3, -0.25) is 4.79 Å². The molecule has 1 amide bonds. The van der Waals surface area contributed by atoms with Crippen molar-refractivity contribution in [2.24, 2.45) is 0 Å². The Morgan fingerprint density at radius 2 is 1.48 bits per heavy atom. The number of unbranched alkanes of at least 4 members (excludes halogenated alkanes) is 9. The Bertz CT molecular complexity index is 408. The van der Waals surface area contributed by atoms with Crippen molar-refractivity contribution >= 4 is 5.91 Å². The molecular formula is C20H38NO6-. The van der Waals surface area contributed by atoms with Gasteiger partial charge in [-0.25, -0.2) is 0 Å². The van der Waals surface area contributed by atoms with Gasteiger partial charge in [-0.1, -0.05) is 64.7 Å². The van der Waals surface area contributed by atoms with Crippen LogP contribution in [0.25, 0.3) is 0 Å². The smallest absolute Gasteiger partial charge is 0.219 e. The summed E-state index contributed by atoms with van der Waals surface area (Å²) >= 11 is 0. The monoisotopic (exact) mass is 388 g/mol. The van der Waals surface area contributed by atoms with Crippen molar-refractivity contribution in [3.05, 3.63) is 0 Å². The molecule has 1 aliphatic heterocycles. The molecule has 0 radical (unpaired) electrons. The summed E-state index contributed by atoms with van der Waals surface area (Å²) in [4.78, 5) is 13.3. The molecule has 5 atom stereocenters. The van der Waals surface area contributed by atoms with Crippen molar-refractivity contribution in [1.82, 2.24) is 4.90 Å². The Morgan fingerprint density at radius 1 is 0.963 bits per heavy atom. The van der Waals surface area contributed by atoms with Crippen LogP contribution in [0.5, 0.6) is 0 Å². The number of carbonyl (C=O) groups excluding carboxylic acids is 1. The van der Waals surface area contributed by atoms with E-state index in [0.29, 0.717) is 6.54 Å². The minimum atomic E-state index is -1.69. The van der Waals surface area contributed by atoms with Gasteiger partial charge >= 0.3 is 0 Å². The van der Waals surface area contributed by atoms with Gasteiger partial charge in [-0.2, -0.15) is 0 Å². The maximum absolute atomic E-state index is 12.2. The fourth-order valence-corrected chi connectivity index (χ4v) is 3.68. The number of aliphatic hydroxyl groups is 3. The average Bonchev–Trinajstić information content (AvgIpc) is 2.64. The summed E-state index contributed by atoms with van der Waals surface area (Å²) in [5.41, 5.74) is 0. The molecule has 160 valence electrons. The molecule has 1 heterocycles. The van der Waals surface area contributed by atoms with Crippen LogP contribution < -0.4 is 5.11 Å². The number of hydrogen-bond acceptors (Lipinski definition) is 6. The van der Waals surface area contributed by atoms with Crippen LogP contribution in [0, 0.1) is 0 Å². The van der Waals surface area contributed by atoms with Crippen LogP contribution in [0.15, 0.2) is 0 Å². The summed E-state index contributed by atoms with van der Waals surface area (Å²) in [6, 6.07) is -1.14. The number of hydrogen-bond donors (Lipinski definition) is 3. The van der Waals surface area contributed by atoms with Crippen LogP contribution in [0.4, 0.5) is 0 Å². The van der Waals surface area contributed by atoms with Gasteiger partial charge < -0.3 is 30.1 Å². The summed E-state index contributed by atoms with van der Waals surface area (Å²) < 4.78 is 5.05. The van der Waals surface area contributed by atoms with E-state index in [2.05, 4.69) is 6.92 Å². The van der Waals surface area contributed by atoms with E-state index in [-0.39, 0.29) is 5.91 Å². The second kappa shape index (κ2) is 13.4. The Morgan fingerprint density at radius 3 is 1.96 bits per heavy atom. The van der Waals surface area contributed by atoms with E-state index in [9.17, 15) is 20.1 Å². The summed E-state index contributed by atoms with van der Waals surface area (Å²) in [7, 11) is 0. The largest absolute Gasteiger partial charge is 0.829 e. The summed E-state index contributed by atoms with van der Waals surface area (Å²) in [6.45, 7) is 3.36. The first-order valence-corrected chi connectivity index (χ1v) is 10.5. The van der Waals surface area contributed by atoms with E-state index in [4.69, 9.17) is 9.84 Å². The first kappa shape index (κ1) is 24.3. The maximum atomic E-state index is 12.2. The molecule has 1 aliphatic rings. The van der Waals surface area contributed by atoms with E-state index < -0.39 is 37.3 Å². The quantitative estimate of drug-likeness (QED) is 0.405. The Balaban J connectivity index is 2.34. The zero-order valence-corrected chi connectivity index (χ0v) is 16.9. The third kappa shape index (κ3) is 8.03. The summed E-state index contributed by atoms with van der Waals surface area (Å²) in [5, 5.41) is 41.6. The topological polar surface area (TPSA) is 113 Å². The Labute approximate surface area is 163 Å². The molecule has 0 unspecified atom stereocenters. The molecule has 1 rings (SSSR count). The minimum absolute atomic E-state index is 0.325. The van der Waals surface area contributed by atoms with Gasteiger partial charge in [0.15, 0.2) is 0 Å². The Hall–Kier alpha value is -0.730. The van der Waals surface area contributed by atoms with E-state index in [0.717, 1.165) is 19.3 Å². The highest BCUT2D eigenvalue weighted by atomic mass is 16.6. The molecule has 0 aromatic rings. The van der Waals surface area contributed by atoms with Gasteiger partial charge in [0, 0.05) is 19.8 Å². The first-order valence-electron chi connectivity index (χ1n) is 10.5. The standard InChI is InChI=1S/C20H38NO6/c1-3-4-5-6-7-8-9-10-11-12-13-21(15(2)23)17-19(25)18(24)16(14-22)27-20(17)26/h16-20,22,24-25H,3-14H2,1-2H3/q-1/t16-,17-,18-,19-,20-/m1/s1.